The van der Waals surface area contributed by atoms with Crippen LogP contribution in [0.3, 0.4) is 0 Å². The summed E-state index contributed by atoms with van der Waals surface area (Å²) in [7, 11) is 4.97. The number of ether oxygens (including phenoxy) is 3. The third-order valence-electron chi connectivity index (χ3n) is 6.76. The van der Waals surface area contributed by atoms with Crippen molar-refractivity contribution in [3.05, 3.63) is 47.5 Å². The van der Waals surface area contributed by atoms with Crippen LogP contribution in [-0.4, -0.2) is 69.9 Å². The molecule has 0 radical (unpaired) electrons. The van der Waals surface area contributed by atoms with Crippen LogP contribution < -0.4 is 19.5 Å². The highest BCUT2D eigenvalue weighted by molar-refractivity contribution is 5.91. The Bertz CT molecular complexity index is 965. The summed E-state index contributed by atoms with van der Waals surface area (Å²) in [5, 5.41) is 3.08. The van der Waals surface area contributed by atoms with Gasteiger partial charge in [0.2, 0.25) is 0 Å². The molecular weight excluding hydrogens is 418 g/mol. The van der Waals surface area contributed by atoms with Crippen molar-refractivity contribution in [2.45, 2.75) is 25.7 Å². The van der Waals surface area contributed by atoms with Gasteiger partial charge in [-0.15, -0.1) is 0 Å². The Morgan fingerprint density at radius 1 is 1.00 bits per heavy atom. The van der Waals surface area contributed by atoms with Gasteiger partial charge in [0, 0.05) is 37.9 Å². The lowest BCUT2D eigenvalue weighted by Crippen LogP contribution is -2.44. The number of hydrogen-bond acceptors (Lipinski definition) is 5. The van der Waals surface area contributed by atoms with Gasteiger partial charge in [0.25, 0.3) is 0 Å². The monoisotopic (exact) mass is 453 g/mol. The Labute approximate surface area is 196 Å². The van der Waals surface area contributed by atoms with E-state index in [1.807, 2.05) is 29.2 Å². The van der Waals surface area contributed by atoms with E-state index in [2.05, 4.69) is 22.3 Å². The first kappa shape index (κ1) is 23.2. The number of carbonyl (C=O) groups is 1. The minimum absolute atomic E-state index is 0.0351. The van der Waals surface area contributed by atoms with Gasteiger partial charge in [-0.2, -0.15) is 0 Å². The molecule has 2 aromatic carbocycles. The predicted octanol–water partition coefficient (Wildman–Crippen LogP) is 4.06. The highest BCUT2D eigenvalue weighted by Crippen LogP contribution is 2.35. The van der Waals surface area contributed by atoms with Crippen LogP contribution in [0.25, 0.3) is 0 Å². The fourth-order valence-electron chi connectivity index (χ4n) is 4.97. The minimum atomic E-state index is -0.0351. The summed E-state index contributed by atoms with van der Waals surface area (Å²) in [6.45, 7) is 4.62. The molecule has 7 nitrogen and oxygen atoms in total. The number of urea groups is 1. The van der Waals surface area contributed by atoms with E-state index in [1.165, 1.54) is 12.0 Å². The van der Waals surface area contributed by atoms with Crippen molar-refractivity contribution in [1.82, 2.24) is 9.80 Å². The lowest BCUT2D eigenvalue weighted by atomic mass is 9.96. The van der Waals surface area contributed by atoms with Crippen LogP contribution in [0.1, 0.15) is 24.0 Å². The second kappa shape index (κ2) is 10.8. The molecule has 4 rings (SSSR count). The van der Waals surface area contributed by atoms with Gasteiger partial charge in [-0.3, -0.25) is 0 Å². The zero-order valence-electron chi connectivity index (χ0n) is 19.9. The first-order chi connectivity index (χ1) is 16.1. The maximum Gasteiger partial charge on any atom is 0.321 e. The number of piperidine rings is 1. The topological polar surface area (TPSA) is 63.3 Å². The van der Waals surface area contributed by atoms with Gasteiger partial charge in [-0.1, -0.05) is 18.2 Å². The average molecular weight is 454 g/mol. The maximum atomic E-state index is 13.0. The Morgan fingerprint density at radius 2 is 1.76 bits per heavy atom. The number of carbonyl (C=O) groups excluding carboxylic acids is 1. The van der Waals surface area contributed by atoms with Gasteiger partial charge in [-0.05, 0) is 61.4 Å². The smallest absolute Gasteiger partial charge is 0.321 e. The van der Waals surface area contributed by atoms with Crippen molar-refractivity contribution in [3.8, 4) is 17.2 Å². The maximum absolute atomic E-state index is 13.0. The number of nitrogens with zero attached hydrogens (tertiary/aromatic N) is 2. The first-order valence-corrected chi connectivity index (χ1v) is 11.8. The fourth-order valence-corrected chi connectivity index (χ4v) is 4.97. The van der Waals surface area contributed by atoms with Crippen LogP contribution in [0.4, 0.5) is 10.5 Å². The lowest BCUT2D eigenvalue weighted by Gasteiger charge is -2.35. The predicted molar refractivity (Wildman–Crippen MR) is 130 cm³/mol. The zero-order valence-corrected chi connectivity index (χ0v) is 19.9. The van der Waals surface area contributed by atoms with Gasteiger partial charge in [0.05, 0.1) is 21.3 Å². The molecule has 2 aromatic rings. The number of amides is 2. The number of nitrogens with one attached hydrogen (secondary N) is 1. The van der Waals surface area contributed by atoms with Crippen LogP contribution in [-0.2, 0) is 12.8 Å². The van der Waals surface area contributed by atoms with Crippen LogP contribution in [0.5, 0.6) is 17.2 Å². The van der Waals surface area contributed by atoms with Crippen LogP contribution in [0.15, 0.2) is 36.4 Å². The normalized spacial score (nSPS) is 18.8. The number of benzene rings is 2. The lowest BCUT2D eigenvalue weighted by molar-refractivity contribution is 0.143. The molecular formula is C26H35N3O4. The summed E-state index contributed by atoms with van der Waals surface area (Å²) in [5.74, 6) is 2.76. The summed E-state index contributed by atoms with van der Waals surface area (Å²) in [6.07, 6.45) is 4.09. The molecule has 2 aliphatic rings. The van der Waals surface area contributed by atoms with Crippen LogP contribution >= 0.6 is 0 Å². The molecule has 33 heavy (non-hydrogen) atoms. The first-order valence-electron chi connectivity index (χ1n) is 11.8. The molecule has 0 aliphatic carbocycles. The molecule has 1 unspecified atom stereocenters. The average Bonchev–Trinajstić information content (AvgIpc) is 3.00. The van der Waals surface area contributed by atoms with Crippen molar-refractivity contribution in [1.29, 1.82) is 0 Å². The minimum Gasteiger partial charge on any atom is -0.496 e. The molecule has 1 fully saturated rings. The molecule has 1 N–H and O–H groups in total. The Hall–Kier alpha value is -2.93. The molecule has 2 amide bonds. The van der Waals surface area contributed by atoms with Crippen molar-refractivity contribution >= 4 is 11.7 Å². The van der Waals surface area contributed by atoms with E-state index in [1.54, 1.807) is 21.3 Å². The van der Waals surface area contributed by atoms with Crippen LogP contribution in [0.2, 0.25) is 0 Å². The van der Waals surface area contributed by atoms with Gasteiger partial charge in [0.1, 0.15) is 5.75 Å². The summed E-state index contributed by atoms with van der Waals surface area (Å²) in [4.78, 5) is 17.5. The summed E-state index contributed by atoms with van der Waals surface area (Å²) < 4.78 is 16.3. The van der Waals surface area contributed by atoms with E-state index < -0.39 is 0 Å². The molecule has 178 valence electrons. The standard InChI is InChI=1S/C26H35N3O4/c1-31-23-9-5-4-8-20(23)10-13-28-12-6-7-19(17-28)18-29-14-11-21-15-24(32-2)25(33-3)16-22(21)27-26(29)30/h4-5,8-9,15-16,19H,6-7,10-14,17-18H2,1-3H3,(H,27,30). The second-order valence-electron chi connectivity index (χ2n) is 8.86. The summed E-state index contributed by atoms with van der Waals surface area (Å²) in [6, 6.07) is 12.0. The third-order valence-corrected chi connectivity index (χ3v) is 6.76. The van der Waals surface area contributed by atoms with Crippen molar-refractivity contribution < 1.29 is 19.0 Å². The summed E-state index contributed by atoms with van der Waals surface area (Å²) in [5.41, 5.74) is 3.13. The number of fused-ring (bicyclic) bond motifs is 1. The van der Waals surface area contributed by atoms with Gasteiger partial charge in [-0.25, -0.2) is 4.79 Å². The SMILES string of the molecule is COc1ccccc1CCN1CCCC(CN2CCc3cc(OC)c(OC)cc3NC2=O)C1. The van der Waals surface area contributed by atoms with Gasteiger partial charge < -0.3 is 29.3 Å². The van der Waals surface area contributed by atoms with Crippen molar-refractivity contribution in [2.75, 3.05) is 59.4 Å². The van der Waals surface area contributed by atoms with E-state index >= 15 is 0 Å². The van der Waals surface area contributed by atoms with E-state index in [0.29, 0.717) is 24.0 Å². The summed E-state index contributed by atoms with van der Waals surface area (Å²) >= 11 is 0. The molecule has 2 aliphatic heterocycles. The molecule has 0 spiro atoms. The Balaban J connectivity index is 1.35. The molecule has 1 saturated heterocycles. The quantitative estimate of drug-likeness (QED) is 0.653. The number of methoxy groups -OCH3 is 3. The number of para-hydroxylation sites is 1. The van der Waals surface area contributed by atoms with E-state index in [-0.39, 0.29) is 6.03 Å². The largest absolute Gasteiger partial charge is 0.496 e. The molecule has 0 saturated carbocycles. The number of hydrogen-bond donors (Lipinski definition) is 1. The third kappa shape index (κ3) is 5.53. The highest BCUT2D eigenvalue weighted by Gasteiger charge is 2.27. The molecule has 7 heteroatoms. The number of rotatable bonds is 8. The van der Waals surface area contributed by atoms with Gasteiger partial charge >= 0.3 is 6.03 Å². The molecule has 0 aromatic heterocycles. The molecule has 1 atom stereocenters. The van der Waals surface area contributed by atoms with E-state index in [4.69, 9.17) is 14.2 Å². The molecule has 2 heterocycles. The van der Waals surface area contributed by atoms with Crippen LogP contribution in [0, 0.1) is 5.92 Å². The number of anilines is 1. The number of likely N-dealkylation sites (tertiary alicyclic amines) is 1. The Morgan fingerprint density at radius 3 is 2.55 bits per heavy atom. The van der Waals surface area contributed by atoms with Gasteiger partial charge in [0.15, 0.2) is 11.5 Å². The Kier molecular flexibility index (Phi) is 7.60. The fraction of sp³-hybridized carbons (Fsp3) is 0.500. The molecule has 0 bridgehead atoms. The van der Waals surface area contributed by atoms with E-state index in [9.17, 15) is 4.79 Å². The van der Waals surface area contributed by atoms with E-state index in [0.717, 1.165) is 62.4 Å². The van der Waals surface area contributed by atoms with Crippen molar-refractivity contribution in [3.63, 3.8) is 0 Å². The second-order valence-corrected chi connectivity index (χ2v) is 8.86. The highest BCUT2D eigenvalue weighted by atomic mass is 16.5. The van der Waals surface area contributed by atoms with Crippen molar-refractivity contribution in [2.24, 2.45) is 5.92 Å². The zero-order chi connectivity index (χ0) is 23.2.